The van der Waals surface area contributed by atoms with Crippen molar-refractivity contribution in [2.75, 3.05) is 6.61 Å². The summed E-state index contributed by atoms with van der Waals surface area (Å²) < 4.78 is 5.42. The van der Waals surface area contributed by atoms with Crippen LogP contribution < -0.4 is 0 Å². The van der Waals surface area contributed by atoms with Crippen molar-refractivity contribution in [2.24, 2.45) is 23.2 Å². The normalized spacial score (nSPS) is 49.5. The Morgan fingerprint density at radius 1 is 1.47 bits per heavy atom. The molecule has 1 aliphatic heterocycles. The molecule has 0 aromatic carbocycles. The molecule has 3 fully saturated rings. The molecule has 106 valence electrons. The van der Waals surface area contributed by atoms with Gasteiger partial charge in [0.1, 0.15) is 6.10 Å². The monoisotopic (exact) mass is 266 g/mol. The molecule has 4 nitrogen and oxygen atoms in total. The number of ether oxygens (including phenoxy) is 1. The average molecular weight is 266 g/mol. The van der Waals surface area contributed by atoms with Gasteiger partial charge in [0.05, 0.1) is 12.7 Å². The fourth-order valence-corrected chi connectivity index (χ4v) is 4.66. The largest absolute Gasteiger partial charge is 0.458 e. The van der Waals surface area contributed by atoms with Crippen molar-refractivity contribution in [3.8, 4) is 0 Å². The Labute approximate surface area is 113 Å². The van der Waals surface area contributed by atoms with E-state index < -0.39 is 11.5 Å². The number of esters is 1. The molecule has 4 heteroatoms. The van der Waals surface area contributed by atoms with Gasteiger partial charge in [0.15, 0.2) is 0 Å². The summed E-state index contributed by atoms with van der Waals surface area (Å²) in [7, 11) is 0. The minimum absolute atomic E-state index is 0.0200. The Morgan fingerprint density at radius 3 is 2.89 bits per heavy atom. The van der Waals surface area contributed by atoms with Gasteiger partial charge in [-0.2, -0.15) is 0 Å². The quantitative estimate of drug-likeness (QED) is 0.554. The van der Waals surface area contributed by atoms with Crippen molar-refractivity contribution in [3.63, 3.8) is 0 Å². The summed E-state index contributed by atoms with van der Waals surface area (Å²) in [4.78, 5) is 11.7. The zero-order chi connectivity index (χ0) is 13.8. The highest BCUT2D eigenvalue weighted by atomic mass is 16.6. The van der Waals surface area contributed by atoms with Crippen LogP contribution in [0.4, 0.5) is 0 Å². The van der Waals surface area contributed by atoms with Gasteiger partial charge in [-0.05, 0) is 37.5 Å². The van der Waals surface area contributed by atoms with Crippen LogP contribution in [0.2, 0.25) is 0 Å². The van der Waals surface area contributed by atoms with Crippen LogP contribution in [0.5, 0.6) is 0 Å². The molecule has 6 atom stereocenters. The fraction of sp³-hybridized carbons (Fsp3) is 0.800. The van der Waals surface area contributed by atoms with E-state index in [2.05, 4.69) is 13.5 Å². The van der Waals surface area contributed by atoms with Crippen LogP contribution in [0.25, 0.3) is 0 Å². The lowest BCUT2D eigenvalue weighted by atomic mass is 9.68. The fourth-order valence-electron chi connectivity index (χ4n) is 4.66. The summed E-state index contributed by atoms with van der Waals surface area (Å²) in [5.74, 6) is 0.309. The Bertz CT molecular complexity index is 418. The van der Waals surface area contributed by atoms with E-state index in [0.29, 0.717) is 23.8 Å². The molecule has 1 saturated heterocycles. The van der Waals surface area contributed by atoms with Crippen LogP contribution in [0.15, 0.2) is 12.2 Å². The average Bonchev–Trinajstić information content (AvgIpc) is 2.78. The van der Waals surface area contributed by atoms with E-state index in [1.165, 1.54) is 0 Å². The maximum absolute atomic E-state index is 11.7. The highest BCUT2D eigenvalue weighted by molar-refractivity contribution is 5.90. The van der Waals surface area contributed by atoms with Gasteiger partial charge in [-0.15, -0.1) is 0 Å². The van der Waals surface area contributed by atoms with Crippen LogP contribution in [0.1, 0.15) is 32.6 Å². The summed E-state index contributed by atoms with van der Waals surface area (Å²) in [5.41, 5.74) is 0.0419. The third-order valence-electron chi connectivity index (χ3n) is 5.76. The number of hydrogen-bond acceptors (Lipinski definition) is 4. The van der Waals surface area contributed by atoms with Gasteiger partial charge in [0.2, 0.25) is 0 Å². The zero-order valence-corrected chi connectivity index (χ0v) is 11.3. The summed E-state index contributed by atoms with van der Waals surface area (Å²) >= 11 is 0. The highest BCUT2D eigenvalue weighted by Gasteiger charge is 2.57. The van der Waals surface area contributed by atoms with E-state index in [9.17, 15) is 15.0 Å². The Morgan fingerprint density at radius 2 is 2.21 bits per heavy atom. The highest BCUT2D eigenvalue weighted by Crippen LogP contribution is 2.56. The van der Waals surface area contributed by atoms with Gasteiger partial charge in [0, 0.05) is 16.9 Å². The molecule has 0 aromatic rings. The number of carbonyl (C=O) groups is 1. The van der Waals surface area contributed by atoms with E-state index in [-0.39, 0.29) is 24.6 Å². The van der Waals surface area contributed by atoms with Gasteiger partial charge in [-0.25, -0.2) is 4.79 Å². The van der Waals surface area contributed by atoms with Crippen molar-refractivity contribution in [1.29, 1.82) is 0 Å². The minimum atomic E-state index is -0.479. The van der Waals surface area contributed by atoms with Crippen LogP contribution in [-0.2, 0) is 9.53 Å². The van der Waals surface area contributed by atoms with E-state index in [1.807, 2.05) is 0 Å². The first-order valence-corrected chi connectivity index (χ1v) is 7.18. The lowest BCUT2D eigenvalue weighted by Crippen LogP contribution is -2.42. The molecule has 0 aromatic heterocycles. The van der Waals surface area contributed by atoms with Crippen molar-refractivity contribution in [3.05, 3.63) is 12.2 Å². The van der Waals surface area contributed by atoms with E-state index in [4.69, 9.17) is 4.74 Å². The molecule has 3 rings (SSSR count). The maximum Gasteiger partial charge on any atom is 0.334 e. The van der Waals surface area contributed by atoms with Crippen molar-refractivity contribution >= 4 is 5.97 Å². The predicted octanol–water partition coefficient (Wildman–Crippen LogP) is 1.26. The molecule has 0 radical (unpaired) electrons. The predicted molar refractivity (Wildman–Crippen MR) is 69.2 cm³/mol. The van der Waals surface area contributed by atoms with E-state index in [0.717, 1.165) is 19.3 Å². The molecule has 2 aliphatic carbocycles. The van der Waals surface area contributed by atoms with E-state index in [1.54, 1.807) is 0 Å². The number of aliphatic hydroxyl groups excluding tert-OH is 2. The Balaban J connectivity index is 1.99. The van der Waals surface area contributed by atoms with Crippen LogP contribution >= 0.6 is 0 Å². The van der Waals surface area contributed by atoms with Gasteiger partial charge < -0.3 is 14.9 Å². The van der Waals surface area contributed by atoms with Gasteiger partial charge in [0.25, 0.3) is 0 Å². The molecular formula is C15H22O4. The van der Waals surface area contributed by atoms with Gasteiger partial charge in [-0.3, -0.25) is 0 Å². The summed E-state index contributed by atoms with van der Waals surface area (Å²) in [6.07, 6.45) is 2.53. The second-order valence-electron chi connectivity index (χ2n) is 6.58. The Kier molecular flexibility index (Phi) is 2.98. The number of hydrogen-bond donors (Lipinski definition) is 2. The molecule has 2 saturated carbocycles. The molecule has 3 aliphatic rings. The Hall–Kier alpha value is -0.870. The van der Waals surface area contributed by atoms with Crippen LogP contribution in [0, 0.1) is 23.2 Å². The molecule has 1 heterocycles. The first kappa shape index (κ1) is 13.1. The first-order chi connectivity index (χ1) is 8.99. The molecular weight excluding hydrogens is 244 g/mol. The zero-order valence-electron chi connectivity index (χ0n) is 11.3. The lowest BCUT2D eigenvalue weighted by molar-refractivity contribution is -0.139. The third kappa shape index (κ3) is 1.69. The van der Waals surface area contributed by atoms with Crippen LogP contribution in [0.3, 0.4) is 0 Å². The lowest BCUT2D eigenvalue weighted by Gasteiger charge is -2.38. The number of carbonyl (C=O) groups excluding carboxylic acids is 1. The number of fused-ring (bicyclic) bond motifs is 2. The van der Waals surface area contributed by atoms with Crippen molar-refractivity contribution in [1.82, 2.24) is 0 Å². The standard InChI is InChI=1S/C15H22O4/c1-8-5-12-10(9(2)14(18)19-12)6-15(7-16)11(8)3-4-13(15)17/h8,10-13,16-17H,2-7H2,1H3/t8-,10+,11-,12+,13-,15+/m0/s1. The topological polar surface area (TPSA) is 66.8 Å². The molecule has 0 amide bonds. The van der Waals surface area contributed by atoms with Gasteiger partial charge >= 0.3 is 5.97 Å². The summed E-state index contributed by atoms with van der Waals surface area (Å²) in [5, 5.41) is 20.3. The summed E-state index contributed by atoms with van der Waals surface area (Å²) in [6, 6.07) is 0. The number of aliphatic hydroxyl groups is 2. The first-order valence-electron chi connectivity index (χ1n) is 7.18. The third-order valence-corrected chi connectivity index (χ3v) is 5.76. The molecule has 0 bridgehead atoms. The van der Waals surface area contributed by atoms with Crippen molar-refractivity contribution in [2.45, 2.75) is 44.8 Å². The van der Waals surface area contributed by atoms with Crippen molar-refractivity contribution < 1.29 is 19.7 Å². The molecule has 19 heavy (non-hydrogen) atoms. The molecule has 0 unspecified atom stereocenters. The SMILES string of the molecule is C=C1C(=O)O[C@@H]2C[C@H](C)[C@@H]3CC[C@H](O)[C@@]3(CO)C[C@H]12. The number of rotatable bonds is 1. The van der Waals surface area contributed by atoms with Crippen LogP contribution in [-0.4, -0.2) is 35.0 Å². The second kappa shape index (κ2) is 4.32. The maximum atomic E-state index is 11.7. The minimum Gasteiger partial charge on any atom is -0.458 e. The van der Waals surface area contributed by atoms with E-state index >= 15 is 0 Å². The van der Waals surface area contributed by atoms with Gasteiger partial charge in [-0.1, -0.05) is 13.5 Å². The molecule has 2 N–H and O–H groups in total. The smallest absolute Gasteiger partial charge is 0.334 e. The molecule has 0 spiro atoms. The second-order valence-corrected chi connectivity index (χ2v) is 6.58. The summed E-state index contributed by atoms with van der Waals surface area (Å²) in [6.45, 7) is 5.98.